The molecule has 2 heterocycles. The maximum Gasteiger partial charge on any atom is 0.0547 e. The zero-order valence-electron chi connectivity index (χ0n) is 28.7. The number of anilines is 3. The molecular weight excluding hydrogens is 679 g/mol. The largest absolute Gasteiger partial charge is 0.310 e. The number of hydrogen-bond donors (Lipinski definition) is 0. The van der Waals surface area contributed by atoms with Gasteiger partial charge in [0.15, 0.2) is 0 Å². The van der Waals surface area contributed by atoms with Crippen LogP contribution in [-0.2, 0) is 0 Å². The summed E-state index contributed by atoms with van der Waals surface area (Å²) in [5.41, 5.74) is 8.53. The van der Waals surface area contributed by atoms with E-state index < -0.39 is 0 Å². The van der Waals surface area contributed by atoms with E-state index in [2.05, 4.69) is 193 Å². The van der Waals surface area contributed by atoms with Crippen LogP contribution in [0.3, 0.4) is 0 Å². The first-order valence-electron chi connectivity index (χ1n) is 18.0. The van der Waals surface area contributed by atoms with E-state index in [0.717, 1.165) is 11.4 Å². The van der Waals surface area contributed by atoms with E-state index in [0.29, 0.717) is 0 Å². The Labute approximate surface area is 315 Å². The van der Waals surface area contributed by atoms with Crippen molar-refractivity contribution in [1.82, 2.24) is 0 Å². The summed E-state index contributed by atoms with van der Waals surface area (Å²) in [7, 11) is 0. The van der Waals surface area contributed by atoms with Gasteiger partial charge in [0.1, 0.15) is 0 Å². The molecule has 0 saturated heterocycles. The highest BCUT2D eigenvalue weighted by atomic mass is 32.1. The average Bonchev–Trinajstić information content (AvgIpc) is 3.80. The molecule has 248 valence electrons. The third-order valence-corrected chi connectivity index (χ3v) is 13.0. The zero-order chi connectivity index (χ0) is 34.9. The molecule has 0 amide bonds. The van der Waals surface area contributed by atoms with Crippen molar-refractivity contribution in [2.45, 2.75) is 0 Å². The fraction of sp³-hybridized carbons (Fsp3) is 0. The Morgan fingerprint density at radius 2 is 1.00 bits per heavy atom. The molecule has 0 aliphatic heterocycles. The predicted octanol–water partition coefficient (Wildman–Crippen LogP) is 15.5. The predicted molar refractivity (Wildman–Crippen MR) is 233 cm³/mol. The van der Waals surface area contributed by atoms with Gasteiger partial charge in [-0.15, -0.1) is 22.7 Å². The summed E-state index contributed by atoms with van der Waals surface area (Å²) >= 11 is 3.80. The second-order valence-corrected chi connectivity index (χ2v) is 15.8. The van der Waals surface area contributed by atoms with Crippen LogP contribution >= 0.6 is 22.7 Å². The molecule has 0 saturated carbocycles. The summed E-state index contributed by atoms with van der Waals surface area (Å²) in [5.74, 6) is 0. The summed E-state index contributed by atoms with van der Waals surface area (Å²) in [6.07, 6.45) is 0. The number of para-hydroxylation sites is 1. The van der Waals surface area contributed by atoms with Crippen LogP contribution < -0.4 is 4.90 Å². The van der Waals surface area contributed by atoms with Gasteiger partial charge in [0, 0.05) is 62.5 Å². The van der Waals surface area contributed by atoms with Crippen molar-refractivity contribution in [1.29, 1.82) is 0 Å². The van der Waals surface area contributed by atoms with Gasteiger partial charge in [0.05, 0.1) is 5.69 Å². The zero-order valence-corrected chi connectivity index (χ0v) is 30.3. The first-order valence-corrected chi connectivity index (χ1v) is 19.6. The molecule has 11 aromatic rings. The highest BCUT2D eigenvalue weighted by molar-refractivity contribution is 7.27. The van der Waals surface area contributed by atoms with Crippen molar-refractivity contribution < 1.29 is 0 Å². The standard InChI is InChI=1S/C50H31NS2/c1-3-14-33(15-4-1)38-26-27-39(50-48(38)42-21-11-12-22-46(42)53-50)35-24-28-47-43(30-35)44-31-45(40-19-9-10-20-41(40)49(44)52-47)51(36-17-5-2-6-18-36)37-25-23-32-13-7-8-16-34(32)29-37/h1-31H. The van der Waals surface area contributed by atoms with E-state index in [-0.39, 0.29) is 0 Å². The first kappa shape index (κ1) is 30.4. The van der Waals surface area contributed by atoms with Crippen LogP contribution in [0.2, 0.25) is 0 Å². The molecule has 0 aliphatic carbocycles. The SMILES string of the molecule is c1ccc(-c2ccc(-c3ccc4sc5c6ccccc6c(N(c6ccccc6)c6ccc7ccccc7c6)cc5c4c3)c3sc4ccccc4c23)cc1. The van der Waals surface area contributed by atoms with Crippen molar-refractivity contribution in [3.05, 3.63) is 188 Å². The fourth-order valence-electron chi connectivity index (χ4n) is 8.17. The normalized spacial score (nSPS) is 11.8. The highest BCUT2D eigenvalue weighted by Gasteiger charge is 2.21. The average molecular weight is 710 g/mol. The van der Waals surface area contributed by atoms with Crippen LogP contribution in [-0.4, -0.2) is 0 Å². The van der Waals surface area contributed by atoms with Crippen molar-refractivity contribution in [3.8, 4) is 22.3 Å². The second-order valence-electron chi connectivity index (χ2n) is 13.7. The maximum absolute atomic E-state index is 2.44. The van der Waals surface area contributed by atoms with E-state index in [9.17, 15) is 0 Å². The van der Waals surface area contributed by atoms with E-state index >= 15 is 0 Å². The van der Waals surface area contributed by atoms with Gasteiger partial charge in [-0.25, -0.2) is 0 Å². The van der Waals surface area contributed by atoms with Gasteiger partial charge in [-0.1, -0.05) is 140 Å². The van der Waals surface area contributed by atoms with Crippen LogP contribution in [0.15, 0.2) is 188 Å². The van der Waals surface area contributed by atoms with Crippen LogP contribution in [0, 0.1) is 0 Å². The topological polar surface area (TPSA) is 3.24 Å². The van der Waals surface area contributed by atoms with Gasteiger partial charge in [-0.05, 0) is 81.6 Å². The molecule has 0 bridgehead atoms. The molecule has 0 radical (unpaired) electrons. The minimum absolute atomic E-state index is 1.14. The Hall–Kier alpha value is -6.26. The lowest BCUT2D eigenvalue weighted by atomic mass is 9.94. The van der Waals surface area contributed by atoms with Crippen LogP contribution in [0.5, 0.6) is 0 Å². The minimum Gasteiger partial charge on any atom is -0.310 e. The summed E-state index contributed by atoms with van der Waals surface area (Å²) in [6, 6.07) is 69.0. The molecule has 3 heteroatoms. The van der Waals surface area contributed by atoms with Crippen molar-refractivity contribution in [3.63, 3.8) is 0 Å². The van der Waals surface area contributed by atoms with Crippen molar-refractivity contribution in [2.24, 2.45) is 0 Å². The third-order valence-electron chi connectivity index (χ3n) is 10.6. The summed E-state index contributed by atoms with van der Waals surface area (Å²) in [6.45, 7) is 0. The Balaban J connectivity index is 1.17. The van der Waals surface area contributed by atoms with Gasteiger partial charge >= 0.3 is 0 Å². The van der Waals surface area contributed by atoms with E-state index in [1.54, 1.807) is 0 Å². The summed E-state index contributed by atoms with van der Waals surface area (Å²) < 4.78 is 5.29. The molecule has 0 aliphatic rings. The van der Waals surface area contributed by atoms with Gasteiger partial charge in [-0.3, -0.25) is 0 Å². The third kappa shape index (κ3) is 4.89. The van der Waals surface area contributed by atoms with E-state index in [4.69, 9.17) is 0 Å². The molecule has 53 heavy (non-hydrogen) atoms. The number of hydrogen-bond acceptors (Lipinski definition) is 3. The maximum atomic E-state index is 2.44. The Morgan fingerprint density at radius 3 is 1.85 bits per heavy atom. The molecule has 0 fully saturated rings. The molecule has 0 atom stereocenters. The molecule has 1 nitrogen and oxygen atoms in total. The number of rotatable bonds is 5. The number of nitrogens with zero attached hydrogens (tertiary/aromatic N) is 1. The van der Waals surface area contributed by atoms with Crippen molar-refractivity contribution >= 4 is 102 Å². The minimum atomic E-state index is 1.14. The van der Waals surface area contributed by atoms with Gasteiger partial charge in [-0.2, -0.15) is 0 Å². The Bertz CT molecular complexity index is 3170. The second kappa shape index (κ2) is 12.2. The Kier molecular flexibility index (Phi) is 6.97. The van der Waals surface area contributed by atoms with Gasteiger partial charge in [0.25, 0.3) is 0 Å². The molecule has 11 rings (SSSR count). The number of thiophene rings is 2. The summed E-state index contributed by atoms with van der Waals surface area (Å²) in [4.78, 5) is 2.44. The van der Waals surface area contributed by atoms with Crippen molar-refractivity contribution in [2.75, 3.05) is 4.90 Å². The van der Waals surface area contributed by atoms with Crippen LogP contribution in [0.4, 0.5) is 17.1 Å². The monoisotopic (exact) mass is 709 g/mol. The van der Waals surface area contributed by atoms with Crippen LogP contribution in [0.25, 0.3) is 84.1 Å². The lowest BCUT2D eigenvalue weighted by Crippen LogP contribution is -2.10. The van der Waals surface area contributed by atoms with Gasteiger partial charge < -0.3 is 4.90 Å². The fourth-order valence-corrected chi connectivity index (χ4v) is 10.6. The highest BCUT2D eigenvalue weighted by Crippen LogP contribution is 2.49. The van der Waals surface area contributed by atoms with E-state index in [1.165, 1.54) is 89.8 Å². The number of benzene rings is 9. The lowest BCUT2D eigenvalue weighted by molar-refractivity contribution is 1.31. The Morgan fingerprint density at radius 1 is 0.340 bits per heavy atom. The first-order chi connectivity index (χ1) is 26.3. The molecule has 2 aromatic heterocycles. The molecule has 9 aromatic carbocycles. The quantitative estimate of drug-likeness (QED) is 0.172. The smallest absolute Gasteiger partial charge is 0.0547 e. The molecular formula is C50H31NS2. The molecule has 0 N–H and O–H groups in total. The molecule has 0 unspecified atom stereocenters. The summed E-state index contributed by atoms with van der Waals surface area (Å²) in [5, 5.41) is 10.2. The lowest BCUT2D eigenvalue weighted by Gasteiger charge is -2.27. The van der Waals surface area contributed by atoms with Crippen LogP contribution in [0.1, 0.15) is 0 Å². The molecule has 0 spiro atoms. The van der Waals surface area contributed by atoms with Gasteiger partial charge in [0.2, 0.25) is 0 Å². The number of fused-ring (bicyclic) bond motifs is 9. The van der Waals surface area contributed by atoms with E-state index in [1.807, 2.05) is 22.7 Å².